The van der Waals surface area contributed by atoms with E-state index in [1.807, 2.05) is 12.1 Å². The molecule has 0 aliphatic heterocycles. The van der Waals surface area contributed by atoms with Crippen LogP contribution in [0.2, 0.25) is 10.0 Å². The summed E-state index contributed by atoms with van der Waals surface area (Å²) in [5.74, 6) is 0.882. The van der Waals surface area contributed by atoms with E-state index >= 15 is 0 Å². The van der Waals surface area contributed by atoms with E-state index < -0.39 is 0 Å². The van der Waals surface area contributed by atoms with Crippen molar-refractivity contribution in [3.63, 3.8) is 0 Å². The van der Waals surface area contributed by atoms with Crippen LogP contribution in [0, 0.1) is 0 Å². The average Bonchev–Trinajstić information content (AvgIpc) is 3.16. The summed E-state index contributed by atoms with van der Waals surface area (Å²) < 4.78 is 5.37. The van der Waals surface area contributed by atoms with Gasteiger partial charge in [0.25, 0.3) is 0 Å². The van der Waals surface area contributed by atoms with Crippen LogP contribution in [-0.4, -0.2) is 23.3 Å². The maximum absolute atomic E-state index is 12.4. The maximum Gasteiger partial charge on any atom is 0.178 e. The molecule has 0 unspecified atom stereocenters. The first kappa shape index (κ1) is 14.6. The van der Waals surface area contributed by atoms with Crippen LogP contribution in [0.3, 0.4) is 0 Å². The van der Waals surface area contributed by atoms with E-state index in [4.69, 9.17) is 27.6 Å². The fourth-order valence-corrected chi connectivity index (χ4v) is 2.86. The van der Waals surface area contributed by atoms with Crippen LogP contribution in [-0.2, 0) is 6.54 Å². The highest BCUT2D eigenvalue weighted by molar-refractivity contribution is 6.36. The average molecular weight is 324 g/mol. The van der Waals surface area contributed by atoms with Gasteiger partial charge in [-0.2, -0.15) is 0 Å². The number of furan rings is 1. The lowest BCUT2D eigenvalue weighted by Crippen LogP contribution is -2.31. The van der Waals surface area contributed by atoms with Crippen molar-refractivity contribution in [3.8, 4) is 0 Å². The topological polar surface area (TPSA) is 33.5 Å². The fraction of sp³-hybridized carbons (Fsp3) is 0.312. The Hall–Kier alpha value is -1.29. The van der Waals surface area contributed by atoms with E-state index in [2.05, 4.69) is 4.90 Å². The summed E-state index contributed by atoms with van der Waals surface area (Å²) in [7, 11) is 0. The smallest absolute Gasteiger partial charge is 0.178 e. The van der Waals surface area contributed by atoms with Crippen molar-refractivity contribution in [2.75, 3.05) is 6.54 Å². The van der Waals surface area contributed by atoms with Gasteiger partial charge in [0.05, 0.1) is 24.4 Å². The van der Waals surface area contributed by atoms with Crippen molar-refractivity contribution in [1.82, 2.24) is 4.90 Å². The molecule has 0 N–H and O–H groups in total. The minimum Gasteiger partial charge on any atom is -0.468 e. The van der Waals surface area contributed by atoms with Gasteiger partial charge in [-0.1, -0.05) is 23.2 Å². The van der Waals surface area contributed by atoms with Gasteiger partial charge in [-0.3, -0.25) is 9.69 Å². The number of rotatable bonds is 6. The van der Waals surface area contributed by atoms with Crippen molar-refractivity contribution >= 4 is 29.0 Å². The number of hydrogen-bond acceptors (Lipinski definition) is 3. The van der Waals surface area contributed by atoms with Gasteiger partial charge in [-0.25, -0.2) is 0 Å². The molecule has 0 atom stereocenters. The third kappa shape index (κ3) is 3.67. The number of Topliss-reactive ketones (excluding diaryl/α,β-unsaturated/α-hetero) is 1. The third-order valence-corrected chi connectivity index (χ3v) is 4.13. The van der Waals surface area contributed by atoms with E-state index in [0.717, 1.165) is 18.6 Å². The molecule has 2 aromatic rings. The van der Waals surface area contributed by atoms with Crippen molar-refractivity contribution in [1.29, 1.82) is 0 Å². The molecule has 0 amide bonds. The van der Waals surface area contributed by atoms with E-state index in [1.54, 1.807) is 24.5 Å². The zero-order valence-corrected chi connectivity index (χ0v) is 12.9. The van der Waals surface area contributed by atoms with Crippen molar-refractivity contribution < 1.29 is 9.21 Å². The van der Waals surface area contributed by atoms with Crippen LogP contribution >= 0.6 is 23.2 Å². The van der Waals surface area contributed by atoms with Crippen molar-refractivity contribution in [2.45, 2.75) is 25.4 Å². The third-order valence-electron chi connectivity index (χ3n) is 3.58. The molecule has 0 bridgehead atoms. The second-order valence-electron chi connectivity index (χ2n) is 5.26. The minimum absolute atomic E-state index is 0.00937. The first-order valence-corrected chi connectivity index (χ1v) is 7.64. The Balaban J connectivity index is 1.71. The van der Waals surface area contributed by atoms with Crippen LogP contribution in [0.25, 0.3) is 0 Å². The van der Waals surface area contributed by atoms with E-state index in [0.29, 0.717) is 34.7 Å². The Morgan fingerprint density at radius 2 is 2.10 bits per heavy atom. The van der Waals surface area contributed by atoms with Crippen molar-refractivity contribution in [3.05, 3.63) is 58.0 Å². The summed E-state index contributed by atoms with van der Waals surface area (Å²) in [6.07, 6.45) is 3.91. The maximum atomic E-state index is 12.4. The van der Waals surface area contributed by atoms with E-state index in [1.165, 1.54) is 0 Å². The standard InChI is InChI=1S/C16H15Cl2NO2/c17-11-3-6-14(15(18)8-11)16(20)10-19(12-4-5-12)9-13-2-1-7-21-13/h1-3,6-8,12H,4-5,9-10H2. The van der Waals surface area contributed by atoms with Gasteiger partial charge in [0.15, 0.2) is 5.78 Å². The van der Waals surface area contributed by atoms with Gasteiger partial charge in [-0.05, 0) is 43.2 Å². The molecule has 0 spiro atoms. The van der Waals surface area contributed by atoms with Crippen LogP contribution in [0.4, 0.5) is 0 Å². The Bertz CT molecular complexity index is 636. The number of benzene rings is 1. The highest BCUT2D eigenvalue weighted by Gasteiger charge is 2.31. The largest absolute Gasteiger partial charge is 0.468 e. The number of ketones is 1. The monoisotopic (exact) mass is 323 g/mol. The molecule has 0 saturated heterocycles. The molecular formula is C16H15Cl2NO2. The Morgan fingerprint density at radius 3 is 2.71 bits per heavy atom. The summed E-state index contributed by atoms with van der Waals surface area (Å²) in [6.45, 7) is 0.987. The van der Waals surface area contributed by atoms with E-state index in [-0.39, 0.29) is 5.78 Å². The van der Waals surface area contributed by atoms with Crippen LogP contribution in [0.5, 0.6) is 0 Å². The highest BCUT2D eigenvalue weighted by Crippen LogP contribution is 2.29. The predicted octanol–water partition coefficient (Wildman–Crippen LogP) is 4.43. The molecule has 5 heteroatoms. The minimum atomic E-state index is 0.00937. The molecule has 1 saturated carbocycles. The molecule has 1 fully saturated rings. The Kier molecular flexibility index (Phi) is 4.34. The number of carbonyl (C=O) groups excluding carboxylic acids is 1. The molecule has 1 heterocycles. The summed E-state index contributed by atoms with van der Waals surface area (Å²) in [5.41, 5.74) is 0.520. The SMILES string of the molecule is O=C(CN(Cc1ccco1)C1CC1)c1ccc(Cl)cc1Cl. The molecule has 110 valence electrons. The lowest BCUT2D eigenvalue weighted by Gasteiger charge is -2.20. The highest BCUT2D eigenvalue weighted by atomic mass is 35.5. The first-order valence-electron chi connectivity index (χ1n) is 6.88. The van der Waals surface area contributed by atoms with E-state index in [9.17, 15) is 4.79 Å². The van der Waals surface area contributed by atoms with Gasteiger partial charge in [0, 0.05) is 16.6 Å². The Morgan fingerprint density at radius 1 is 1.29 bits per heavy atom. The lowest BCUT2D eigenvalue weighted by molar-refractivity contribution is 0.0913. The second-order valence-corrected chi connectivity index (χ2v) is 6.11. The fourth-order valence-electron chi connectivity index (χ4n) is 2.34. The molecule has 3 rings (SSSR count). The van der Waals surface area contributed by atoms with Crippen LogP contribution < -0.4 is 0 Å². The second kappa shape index (κ2) is 6.22. The number of halogens is 2. The molecule has 3 nitrogen and oxygen atoms in total. The quantitative estimate of drug-likeness (QED) is 0.737. The summed E-state index contributed by atoms with van der Waals surface area (Å²) >= 11 is 12.0. The Labute approximate surface area is 133 Å². The van der Waals surface area contributed by atoms with Gasteiger partial charge in [-0.15, -0.1) is 0 Å². The molecule has 1 aliphatic carbocycles. The van der Waals surface area contributed by atoms with Crippen LogP contribution in [0.1, 0.15) is 29.0 Å². The normalized spacial score (nSPS) is 14.6. The molecule has 21 heavy (non-hydrogen) atoms. The predicted molar refractivity (Wildman–Crippen MR) is 82.9 cm³/mol. The molecule has 1 aromatic heterocycles. The van der Waals surface area contributed by atoms with Gasteiger partial charge >= 0.3 is 0 Å². The summed E-state index contributed by atoms with van der Waals surface area (Å²) in [4.78, 5) is 14.6. The zero-order valence-electron chi connectivity index (χ0n) is 11.4. The van der Waals surface area contributed by atoms with Gasteiger partial charge < -0.3 is 4.42 Å². The van der Waals surface area contributed by atoms with Gasteiger partial charge in [0.2, 0.25) is 0 Å². The summed E-state index contributed by atoms with van der Waals surface area (Å²) in [6, 6.07) is 9.22. The lowest BCUT2D eigenvalue weighted by atomic mass is 10.1. The molecule has 1 aliphatic rings. The summed E-state index contributed by atoms with van der Waals surface area (Å²) in [5, 5.41) is 0.937. The molecule has 1 aromatic carbocycles. The number of hydrogen-bond donors (Lipinski definition) is 0. The van der Waals surface area contributed by atoms with Crippen LogP contribution in [0.15, 0.2) is 41.0 Å². The van der Waals surface area contributed by atoms with Crippen molar-refractivity contribution in [2.24, 2.45) is 0 Å². The van der Waals surface area contributed by atoms with Gasteiger partial charge in [0.1, 0.15) is 5.76 Å². The number of nitrogens with zero attached hydrogens (tertiary/aromatic N) is 1. The number of carbonyl (C=O) groups is 1. The molecule has 0 radical (unpaired) electrons. The first-order chi connectivity index (χ1) is 10.1. The molecular weight excluding hydrogens is 309 g/mol. The zero-order chi connectivity index (χ0) is 14.8.